The van der Waals surface area contributed by atoms with Crippen LogP contribution in [0, 0.1) is 6.92 Å². The van der Waals surface area contributed by atoms with E-state index in [0.717, 1.165) is 21.0 Å². The van der Waals surface area contributed by atoms with Crippen molar-refractivity contribution >= 4 is 21.6 Å². The van der Waals surface area contributed by atoms with E-state index in [1.165, 1.54) is 12.1 Å². The first-order chi connectivity index (χ1) is 17.9. The van der Waals surface area contributed by atoms with Crippen LogP contribution in [0.4, 0.5) is 5.69 Å². The number of benzene rings is 4. The van der Waals surface area contributed by atoms with E-state index in [1.807, 2.05) is 68.4 Å². The van der Waals surface area contributed by atoms with Crippen LogP contribution in [0.2, 0.25) is 0 Å². The van der Waals surface area contributed by atoms with E-state index < -0.39 is 22.0 Å². The van der Waals surface area contributed by atoms with E-state index in [0.29, 0.717) is 18.0 Å². The average molecular weight is 515 g/mol. The third-order valence-corrected chi connectivity index (χ3v) is 7.78. The number of rotatable bonds is 10. The zero-order valence-electron chi connectivity index (χ0n) is 20.9. The summed E-state index contributed by atoms with van der Waals surface area (Å²) in [4.78, 5) is 13.6. The highest BCUT2D eigenvalue weighted by molar-refractivity contribution is 7.92. The molecule has 0 fully saturated rings. The summed E-state index contributed by atoms with van der Waals surface area (Å²) in [5.74, 6) is 0.157. The van der Waals surface area contributed by atoms with E-state index in [-0.39, 0.29) is 11.4 Å². The fourth-order valence-electron chi connectivity index (χ4n) is 4.14. The van der Waals surface area contributed by atoms with Crippen LogP contribution in [0.3, 0.4) is 0 Å². The maximum Gasteiger partial charge on any atom is 0.264 e. The highest BCUT2D eigenvalue weighted by Crippen LogP contribution is 2.27. The summed E-state index contributed by atoms with van der Waals surface area (Å²) in [5, 5.41) is 3.08. The standard InChI is InChI=1S/C30H30N2O4S/c1-3-36-26-18-20-27(21-19-26)37(34,35)32(25-15-8-5-9-16-25)22-29(33)31-30(24-13-6-4-7-14-24)28-17-11-10-12-23(28)2/h4-21,30H,3,22H2,1-2H3,(H,31,33)/t30-/m1/s1. The van der Waals surface area contributed by atoms with Crippen LogP contribution in [0.5, 0.6) is 5.75 Å². The van der Waals surface area contributed by atoms with Crippen molar-refractivity contribution in [3.05, 3.63) is 126 Å². The number of amides is 1. The highest BCUT2D eigenvalue weighted by atomic mass is 32.2. The molecule has 37 heavy (non-hydrogen) atoms. The van der Waals surface area contributed by atoms with Gasteiger partial charge in [0.25, 0.3) is 10.0 Å². The molecule has 0 saturated heterocycles. The molecule has 190 valence electrons. The number of hydrogen-bond acceptors (Lipinski definition) is 4. The topological polar surface area (TPSA) is 75.7 Å². The molecule has 0 radical (unpaired) electrons. The first-order valence-electron chi connectivity index (χ1n) is 12.1. The number of nitrogens with zero attached hydrogens (tertiary/aromatic N) is 1. The first kappa shape index (κ1) is 26.0. The van der Waals surface area contributed by atoms with Gasteiger partial charge < -0.3 is 10.1 Å². The minimum atomic E-state index is -4.04. The summed E-state index contributed by atoms with van der Waals surface area (Å²) in [7, 11) is -4.04. The summed E-state index contributed by atoms with van der Waals surface area (Å²) in [6.45, 7) is 3.95. The molecule has 0 heterocycles. The Bertz CT molecular complexity index is 1420. The van der Waals surface area contributed by atoms with Crippen molar-refractivity contribution in [2.45, 2.75) is 24.8 Å². The van der Waals surface area contributed by atoms with Gasteiger partial charge in [0, 0.05) is 0 Å². The Morgan fingerprint density at radius 2 is 1.43 bits per heavy atom. The van der Waals surface area contributed by atoms with Crippen molar-refractivity contribution in [3.8, 4) is 5.75 Å². The number of carbonyl (C=O) groups is 1. The summed E-state index contributed by atoms with van der Waals surface area (Å²) < 4.78 is 34.0. The molecular formula is C30H30N2O4S. The largest absolute Gasteiger partial charge is 0.494 e. The monoisotopic (exact) mass is 514 g/mol. The first-order valence-corrected chi connectivity index (χ1v) is 13.5. The Labute approximate surface area is 218 Å². The van der Waals surface area contributed by atoms with E-state index in [4.69, 9.17) is 4.74 Å². The third kappa shape index (κ3) is 6.19. The van der Waals surface area contributed by atoms with Gasteiger partial charge in [-0.15, -0.1) is 0 Å². The van der Waals surface area contributed by atoms with Gasteiger partial charge in [-0.05, 0) is 66.9 Å². The smallest absolute Gasteiger partial charge is 0.264 e. The van der Waals surface area contributed by atoms with Crippen LogP contribution in [-0.4, -0.2) is 27.5 Å². The molecule has 0 saturated carbocycles. The Morgan fingerprint density at radius 1 is 0.838 bits per heavy atom. The fourth-order valence-corrected chi connectivity index (χ4v) is 5.57. The average Bonchev–Trinajstić information content (AvgIpc) is 2.92. The number of hydrogen-bond donors (Lipinski definition) is 1. The lowest BCUT2D eigenvalue weighted by Gasteiger charge is -2.26. The van der Waals surface area contributed by atoms with Crippen molar-refractivity contribution in [2.75, 3.05) is 17.5 Å². The Hall–Kier alpha value is -4.10. The van der Waals surface area contributed by atoms with Crippen molar-refractivity contribution in [3.63, 3.8) is 0 Å². The van der Waals surface area contributed by atoms with Gasteiger partial charge in [-0.25, -0.2) is 8.42 Å². The summed E-state index contributed by atoms with van der Waals surface area (Å²) in [5.41, 5.74) is 3.28. The summed E-state index contributed by atoms with van der Waals surface area (Å²) in [6, 6.07) is 31.9. The molecule has 4 aromatic rings. The number of carbonyl (C=O) groups excluding carboxylic acids is 1. The van der Waals surface area contributed by atoms with E-state index in [1.54, 1.807) is 42.5 Å². The normalized spacial score (nSPS) is 11.9. The van der Waals surface area contributed by atoms with Gasteiger partial charge in [-0.1, -0.05) is 72.8 Å². The minimum absolute atomic E-state index is 0.0751. The Balaban J connectivity index is 1.66. The lowest BCUT2D eigenvalue weighted by molar-refractivity contribution is -0.120. The maximum absolute atomic E-state index is 13.7. The predicted octanol–water partition coefficient (Wildman–Crippen LogP) is 5.49. The fraction of sp³-hybridized carbons (Fsp3) is 0.167. The van der Waals surface area contributed by atoms with E-state index in [9.17, 15) is 13.2 Å². The molecule has 0 aliphatic heterocycles. The highest BCUT2D eigenvalue weighted by Gasteiger charge is 2.28. The van der Waals surface area contributed by atoms with E-state index in [2.05, 4.69) is 5.32 Å². The van der Waals surface area contributed by atoms with E-state index >= 15 is 0 Å². The molecule has 4 aromatic carbocycles. The zero-order valence-corrected chi connectivity index (χ0v) is 21.7. The van der Waals surface area contributed by atoms with Gasteiger partial charge in [0.05, 0.1) is 23.2 Å². The molecular weight excluding hydrogens is 484 g/mol. The van der Waals surface area contributed by atoms with Gasteiger partial charge >= 0.3 is 0 Å². The number of ether oxygens (including phenoxy) is 1. The third-order valence-electron chi connectivity index (χ3n) is 5.99. The van der Waals surface area contributed by atoms with Crippen molar-refractivity contribution in [1.82, 2.24) is 5.32 Å². The zero-order chi connectivity index (χ0) is 26.3. The second-order valence-electron chi connectivity index (χ2n) is 8.52. The molecule has 0 unspecified atom stereocenters. The van der Waals surface area contributed by atoms with Crippen molar-refractivity contribution in [1.29, 1.82) is 0 Å². The maximum atomic E-state index is 13.7. The second-order valence-corrected chi connectivity index (χ2v) is 10.4. The molecule has 0 aliphatic rings. The molecule has 1 amide bonds. The van der Waals surface area contributed by atoms with Crippen LogP contribution in [0.15, 0.2) is 114 Å². The SMILES string of the molecule is CCOc1ccc(S(=O)(=O)N(CC(=O)N[C@H](c2ccccc2)c2ccccc2C)c2ccccc2)cc1. The second kappa shape index (κ2) is 11.8. The molecule has 1 N–H and O–H groups in total. The quantitative estimate of drug-likeness (QED) is 0.303. The molecule has 4 rings (SSSR count). The lowest BCUT2D eigenvalue weighted by atomic mass is 9.95. The molecule has 0 aromatic heterocycles. The van der Waals surface area contributed by atoms with Crippen LogP contribution < -0.4 is 14.4 Å². The van der Waals surface area contributed by atoms with Gasteiger partial charge in [0.2, 0.25) is 5.91 Å². The number of aryl methyl sites for hydroxylation is 1. The van der Waals surface area contributed by atoms with Crippen LogP contribution in [-0.2, 0) is 14.8 Å². The minimum Gasteiger partial charge on any atom is -0.494 e. The van der Waals surface area contributed by atoms with Gasteiger partial charge in [0.1, 0.15) is 12.3 Å². The molecule has 6 nitrogen and oxygen atoms in total. The van der Waals surface area contributed by atoms with Crippen LogP contribution in [0.25, 0.3) is 0 Å². The van der Waals surface area contributed by atoms with Gasteiger partial charge in [-0.2, -0.15) is 0 Å². The molecule has 0 bridgehead atoms. The number of para-hydroxylation sites is 1. The molecule has 7 heteroatoms. The molecule has 0 aliphatic carbocycles. The van der Waals surface area contributed by atoms with Crippen LogP contribution >= 0.6 is 0 Å². The Kier molecular flexibility index (Phi) is 8.25. The van der Waals surface area contributed by atoms with Gasteiger partial charge in [0.15, 0.2) is 0 Å². The number of anilines is 1. The number of nitrogens with one attached hydrogen (secondary N) is 1. The Morgan fingerprint density at radius 3 is 2.05 bits per heavy atom. The summed E-state index contributed by atoms with van der Waals surface area (Å²) >= 11 is 0. The summed E-state index contributed by atoms with van der Waals surface area (Å²) in [6.07, 6.45) is 0. The predicted molar refractivity (Wildman–Crippen MR) is 146 cm³/mol. The van der Waals surface area contributed by atoms with Crippen LogP contribution in [0.1, 0.15) is 29.7 Å². The van der Waals surface area contributed by atoms with Crippen molar-refractivity contribution in [2.24, 2.45) is 0 Å². The van der Waals surface area contributed by atoms with Gasteiger partial charge in [-0.3, -0.25) is 9.10 Å². The molecule has 1 atom stereocenters. The lowest BCUT2D eigenvalue weighted by Crippen LogP contribution is -2.42. The van der Waals surface area contributed by atoms with Crippen molar-refractivity contribution < 1.29 is 17.9 Å². The number of sulfonamides is 1. The molecule has 0 spiro atoms.